The van der Waals surface area contributed by atoms with Crippen LogP contribution in [0.5, 0.6) is 0 Å². The van der Waals surface area contributed by atoms with Crippen LogP contribution in [0.3, 0.4) is 0 Å². The van der Waals surface area contributed by atoms with Crippen molar-refractivity contribution in [2.24, 2.45) is 0 Å². The third-order valence-electron chi connectivity index (χ3n) is 3.60. The van der Waals surface area contributed by atoms with Gasteiger partial charge in [-0.05, 0) is 12.1 Å². The lowest BCUT2D eigenvalue weighted by atomic mass is 10.1. The second-order valence-electron chi connectivity index (χ2n) is 5.60. The van der Waals surface area contributed by atoms with E-state index in [4.69, 9.17) is 14.2 Å². The minimum atomic E-state index is -5.21. The molecule has 1 aliphatic rings. The first kappa shape index (κ1) is 20.6. The minimum absolute atomic E-state index is 0.184. The highest BCUT2D eigenvalue weighted by molar-refractivity contribution is 5.89. The maximum absolute atomic E-state index is 12.5. The predicted octanol–water partition coefficient (Wildman–Crippen LogP) is 0.539. The van der Waals surface area contributed by atoms with Crippen LogP contribution in [0.4, 0.5) is 13.2 Å². The van der Waals surface area contributed by atoms with Gasteiger partial charge in [-0.25, -0.2) is 4.79 Å². The van der Waals surface area contributed by atoms with Gasteiger partial charge < -0.3 is 24.6 Å². The van der Waals surface area contributed by atoms with Crippen LogP contribution >= 0.6 is 0 Å². The van der Waals surface area contributed by atoms with Gasteiger partial charge in [0.25, 0.3) is 0 Å². The van der Waals surface area contributed by atoms with Crippen molar-refractivity contribution in [2.45, 2.75) is 37.6 Å². The van der Waals surface area contributed by atoms with E-state index in [-0.39, 0.29) is 5.56 Å². The van der Waals surface area contributed by atoms with E-state index in [0.717, 1.165) is 6.92 Å². The van der Waals surface area contributed by atoms with Crippen LogP contribution in [0.1, 0.15) is 17.3 Å². The fraction of sp³-hybridized carbons (Fsp3) is 0.438. The highest BCUT2D eigenvalue weighted by Gasteiger charge is 2.50. The smallest absolute Gasteiger partial charge is 0.459 e. The topological polar surface area (TPSA) is 111 Å². The summed E-state index contributed by atoms with van der Waals surface area (Å²) in [7, 11) is 0. The van der Waals surface area contributed by atoms with Gasteiger partial charge in [0, 0.05) is 6.92 Å². The number of hydrogen-bond acceptors (Lipinski definition) is 7. The molecule has 8 nitrogen and oxygen atoms in total. The zero-order chi connectivity index (χ0) is 20.2. The van der Waals surface area contributed by atoms with E-state index in [1.807, 2.05) is 0 Å². The zero-order valence-electron chi connectivity index (χ0n) is 13.9. The molecule has 0 spiro atoms. The lowest BCUT2D eigenvalue weighted by Crippen LogP contribution is -2.53. The monoisotopic (exact) mass is 391 g/mol. The normalized spacial score (nSPS) is 24.9. The summed E-state index contributed by atoms with van der Waals surface area (Å²) in [6, 6.07) is 6.15. The standard InChI is InChI=1S/C16H16F3NO7/c1-8(21)26-12-11(20-15(24)16(17,18)19)10(27-14(12)23)7-25-13(22)9-5-3-2-4-6-9/h2-6,10-12,14,23H,7H2,1H3,(H,20,24)/t10-,11-,12-,14-/m1/s1. The van der Waals surface area contributed by atoms with Crippen LogP contribution < -0.4 is 5.32 Å². The average molecular weight is 391 g/mol. The van der Waals surface area contributed by atoms with Crippen molar-refractivity contribution in [1.82, 2.24) is 5.32 Å². The number of halogens is 3. The van der Waals surface area contributed by atoms with Crippen LogP contribution in [0.25, 0.3) is 0 Å². The highest BCUT2D eigenvalue weighted by atomic mass is 19.4. The van der Waals surface area contributed by atoms with Crippen molar-refractivity contribution < 1.29 is 46.9 Å². The molecule has 2 rings (SSSR count). The summed E-state index contributed by atoms with van der Waals surface area (Å²) in [5.74, 6) is -4.01. The molecule has 1 fully saturated rings. The molecule has 0 radical (unpaired) electrons. The number of esters is 2. The SMILES string of the molecule is CC(=O)O[C@@H]1[C@H](NC(=O)C(F)(F)F)[C@@H](COC(=O)c2ccccc2)O[C@H]1O. The third-order valence-corrected chi connectivity index (χ3v) is 3.60. The summed E-state index contributed by atoms with van der Waals surface area (Å²) in [5.41, 5.74) is 0.184. The van der Waals surface area contributed by atoms with Crippen molar-refractivity contribution in [3.8, 4) is 0 Å². The number of benzene rings is 1. The molecule has 0 unspecified atom stereocenters. The van der Waals surface area contributed by atoms with Crippen LogP contribution in [0.15, 0.2) is 30.3 Å². The first-order chi connectivity index (χ1) is 12.6. The molecule has 1 saturated heterocycles. The first-order valence-corrected chi connectivity index (χ1v) is 7.70. The molecule has 0 bridgehead atoms. The summed E-state index contributed by atoms with van der Waals surface area (Å²) in [4.78, 5) is 34.3. The van der Waals surface area contributed by atoms with Crippen molar-refractivity contribution in [2.75, 3.05) is 6.61 Å². The molecule has 1 aliphatic heterocycles. The van der Waals surface area contributed by atoms with Gasteiger partial charge >= 0.3 is 24.0 Å². The molecule has 1 amide bonds. The van der Waals surface area contributed by atoms with Gasteiger partial charge in [-0.1, -0.05) is 18.2 Å². The van der Waals surface area contributed by atoms with Crippen molar-refractivity contribution in [1.29, 1.82) is 0 Å². The number of alkyl halides is 3. The van der Waals surface area contributed by atoms with E-state index < -0.39 is 55.2 Å². The highest BCUT2D eigenvalue weighted by Crippen LogP contribution is 2.25. The van der Waals surface area contributed by atoms with Gasteiger partial charge in [0.05, 0.1) is 5.56 Å². The largest absolute Gasteiger partial charge is 0.471 e. The van der Waals surface area contributed by atoms with Crippen molar-refractivity contribution >= 4 is 17.8 Å². The van der Waals surface area contributed by atoms with Crippen LogP contribution in [-0.4, -0.2) is 60.3 Å². The zero-order valence-corrected chi connectivity index (χ0v) is 13.9. The summed E-state index contributed by atoms with van der Waals surface area (Å²) in [6.07, 6.45) is -10.00. The minimum Gasteiger partial charge on any atom is -0.459 e. The fourth-order valence-corrected chi connectivity index (χ4v) is 2.42. The Morgan fingerprint density at radius 1 is 1.22 bits per heavy atom. The second kappa shape index (κ2) is 8.35. The van der Waals surface area contributed by atoms with Crippen LogP contribution in [-0.2, 0) is 23.8 Å². The van der Waals surface area contributed by atoms with Gasteiger partial charge in [0.1, 0.15) is 18.8 Å². The predicted molar refractivity (Wildman–Crippen MR) is 81.1 cm³/mol. The molecule has 0 aliphatic carbocycles. The summed E-state index contributed by atoms with van der Waals surface area (Å²) in [6.45, 7) is 0.378. The molecular formula is C16H16F3NO7. The molecule has 0 saturated carbocycles. The van der Waals surface area contributed by atoms with E-state index in [1.54, 1.807) is 23.5 Å². The van der Waals surface area contributed by atoms with E-state index in [9.17, 15) is 32.7 Å². The number of carbonyl (C=O) groups excluding carboxylic acids is 3. The molecule has 1 aromatic rings. The molecule has 1 heterocycles. The van der Waals surface area contributed by atoms with E-state index in [2.05, 4.69) is 0 Å². The summed E-state index contributed by atoms with van der Waals surface area (Å²) < 4.78 is 52.3. The lowest BCUT2D eigenvalue weighted by Gasteiger charge is -2.24. The molecule has 11 heteroatoms. The molecule has 27 heavy (non-hydrogen) atoms. The number of aliphatic hydroxyl groups is 1. The Bertz CT molecular complexity index is 695. The quantitative estimate of drug-likeness (QED) is 0.705. The van der Waals surface area contributed by atoms with Crippen LogP contribution in [0, 0.1) is 0 Å². The molecule has 1 aromatic carbocycles. The number of ether oxygens (including phenoxy) is 3. The third kappa shape index (κ3) is 5.41. The van der Waals surface area contributed by atoms with E-state index >= 15 is 0 Å². The van der Waals surface area contributed by atoms with Crippen molar-refractivity contribution in [3.05, 3.63) is 35.9 Å². The second-order valence-corrected chi connectivity index (χ2v) is 5.60. The Morgan fingerprint density at radius 3 is 2.41 bits per heavy atom. The maximum atomic E-state index is 12.5. The van der Waals surface area contributed by atoms with E-state index in [1.165, 1.54) is 12.1 Å². The van der Waals surface area contributed by atoms with E-state index in [0.29, 0.717) is 0 Å². The molecule has 2 N–H and O–H groups in total. The number of carbonyl (C=O) groups is 3. The Balaban J connectivity index is 2.10. The molecule has 0 aromatic heterocycles. The first-order valence-electron chi connectivity index (χ1n) is 7.70. The van der Waals surface area contributed by atoms with Crippen LogP contribution in [0.2, 0.25) is 0 Å². The number of hydrogen-bond donors (Lipinski definition) is 2. The Hall–Kier alpha value is -2.66. The molecule has 148 valence electrons. The Morgan fingerprint density at radius 2 is 1.85 bits per heavy atom. The van der Waals surface area contributed by atoms with Gasteiger partial charge in [-0.15, -0.1) is 0 Å². The van der Waals surface area contributed by atoms with Crippen molar-refractivity contribution in [3.63, 3.8) is 0 Å². The van der Waals surface area contributed by atoms with Gasteiger partial charge in [0.15, 0.2) is 12.4 Å². The number of aliphatic hydroxyl groups excluding tert-OH is 1. The van der Waals surface area contributed by atoms with Gasteiger partial charge in [0.2, 0.25) is 0 Å². The van der Waals surface area contributed by atoms with Gasteiger partial charge in [-0.3, -0.25) is 9.59 Å². The number of rotatable bonds is 5. The Labute approximate surface area is 151 Å². The fourth-order valence-electron chi connectivity index (χ4n) is 2.42. The lowest BCUT2D eigenvalue weighted by molar-refractivity contribution is -0.176. The summed E-state index contributed by atoms with van der Waals surface area (Å²) in [5, 5.41) is 11.4. The average Bonchev–Trinajstić information content (AvgIpc) is 2.87. The number of amides is 1. The molecule has 4 atom stereocenters. The number of nitrogens with one attached hydrogen (secondary N) is 1. The maximum Gasteiger partial charge on any atom is 0.471 e. The Kier molecular flexibility index (Phi) is 6.39. The summed E-state index contributed by atoms with van der Waals surface area (Å²) >= 11 is 0. The molecular weight excluding hydrogens is 375 g/mol. The van der Waals surface area contributed by atoms with Gasteiger partial charge in [-0.2, -0.15) is 13.2 Å².